The Hall–Kier alpha value is -2.25. The molecule has 0 atom stereocenters. The van der Waals surface area contributed by atoms with Gasteiger partial charge in [0.25, 0.3) is 0 Å². The van der Waals surface area contributed by atoms with Crippen LogP contribution in [0.3, 0.4) is 0 Å². The average Bonchev–Trinajstić information content (AvgIpc) is 2.18. The van der Waals surface area contributed by atoms with Crippen LogP contribution in [0, 0.1) is 4.91 Å². The third-order valence-corrected chi connectivity index (χ3v) is 1.23. The largest absolute Gasteiger partial charge is 0.464 e. The van der Waals surface area contributed by atoms with Crippen LogP contribution >= 0.6 is 0 Å². The van der Waals surface area contributed by atoms with Gasteiger partial charge >= 0.3 is 6.09 Å². The molecule has 1 aromatic heterocycles. The number of hydrogen-bond acceptors (Lipinski definition) is 6. The molecule has 0 spiro atoms. The van der Waals surface area contributed by atoms with E-state index in [-0.39, 0.29) is 5.95 Å². The smallest absolute Gasteiger partial charge is 0.428 e. The molecule has 0 aromatic carbocycles. The fourth-order valence-corrected chi connectivity index (χ4v) is 0.679. The number of nitrogens with one attached hydrogen (secondary N) is 1. The van der Waals surface area contributed by atoms with Crippen molar-refractivity contribution in [3.05, 3.63) is 23.4 Å². The van der Waals surface area contributed by atoms with Gasteiger partial charge in [-0.15, -0.1) is 4.91 Å². The standard InChI is InChI=1S/C6H7N5O3/c12-6(13)11(4-9-14)10-5-7-2-1-3-8-5/h1-3H,4H2,(H,12,13)(H,7,8,10). The maximum Gasteiger partial charge on any atom is 0.428 e. The maximum atomic E-state index is 10.5. The molecule has 0 saturated heterocycles. The van der Waals surface area contributed by atoms with Crippen LogP contribution in [0.4, 0.5) is 10.7 Å². The summed E-state index contributed by atoms with van der Waals surface area (Å²) >= 11 is 0. The van der Waals surface area contributed by atoms with E-state index < -0.39 is 12.8 Å². The van der Waals surface area contributed by atoms with Crippen molar-refractivity contribution < 1.29 is 9.90 Å². The molecule has 0 aliphatic carbocycles. The van der Waals surface area contributed by atoms with Crippen molar-refractivity contribution in [2.75, 3.05) is 12.1 Å². The van der Waals surface area contributed by atoms with Gasteiger partial charge in [-0.3, -0.25) is 5.43 Å². The highest BCUT2D eigenvalue weighted by Crippen LogP contribution is 1.97. The highest BCUT2D eigenvalue weighted by atomic mass is 16.4. The molecule has 74 valence electrons. The lowest BCUT2D eigenvalue weighted by Crippen LogP contribution is -2.35. The quantitative estimate of drug-likeness (QED) is 0.537. The van der Waals surface area contributed by atoms with Gasteiger partial charge in [0, 0.05) is 12.4 Å². The molecule has 1 rings (SSSR count). The van der Waals surface area contributed by atoms with E-state index in [0.717, 1.165) is 0 Å². The second-order valence-electron chi connectivity index (χ2n) is 2.17. The Labute approximate surface area is 78.5 Å². The summed E-state index contributed by atoms with van der Waals surface area (Å²) in [4.78, 5) is 27.8. The zero-order chi connectivity index (χ0) is 10.4. The predicted octanol–water partition coefficient (Wildman–Crippen LogP) is 0.507. The molecule has 0 bridgehead atoms. The van der Waals surface area contributed by atoms with Crippen LogP contribution in [0.2, 0.25) is 0 Å². The maximum absolute atomic E-state index is 10.5. The lowest BCUT2D eigenvalue weighted by atomic mass is 10.7. The van der Waals surface area contributed by atoms with Crippen LogP contribution in [0.15, 0.2) is 23.6 Å². The van der Waals surface area contributed by atoms with Crippen molar-refractivity contribution in [1.29, 1.82) is 0 Å². The zero-order valence-electron chi connectivity index (χ0n) is 6.99. The summed E-state index contributed by atoms with van der Waals surface area (Å²) in [5.41, 5.74) is 2.30. The SMILES string of the molecule is O=NCN(Nc1ncccn1)C(=O)O. The van der Waals surface area contributed by atoms with Crippen LogP contribution in [0.5, 0.6) is 0 Å². The first kappa shape index (κ1) is 9.84. The van der Waals surface area contributed by atoms with Gasteiger partial charge in [-0.05, 0) is 11.2 Å². The summed E-state index contributed by atoms with van der Waals surface area (Å²) in [6.45, 7) is -0.534. The number of carboxylic acid groups (broad SMARTS) is 1. The predicted molar refractivity (Wildman–Crippen MR) is 46.2 cm³/mol. The van der Waals surface area contributed by atoms with Gasteiger partial charge in [0.15, 0.2) is 6.67 Å². The lowest BCUT2D eigenvalue weighted by molar-refractivity contribution is 0.156. The molecule has 14 heavy (non-hydrogen) atoms. The van der Waals surface area contributed by atoms with Crippen LogP contribution in [0.25, 0.3) is 0 Å². The van der Waals surface area contributed by atoms with Gasteiger partial charge < -0.3 is 5.11 Å². The summed E-state index contributed by atoms with van der Waals surface area (Å²) in [5.74, 6) is 0.0820. The van der Waals surface area contributed by atoms with Gasteiger partial charge in [0.2, 0.25) is 5.95 Å². The second kappa shape index (κ2) is 4.70. The number of nitroso groups, excluding NO2 is 1. The van der Waals surface area contributed by atoms with Gasteiger partial charge in [0.05, 0.1) is 0 Å². The Bertz CT molecular complexity index is 317. The van der Waals surface area contributed by atoms with Gasteiger partial charge in [-0.2, -0.15) is 5.01 Å². The molecule has 8 nitrogen and oxygen atoms in total. The highest BCUT2D eigenvalue weighted by molar-refractivity contribution is 5.66. The number of hydrazine groups is 1. The molecular weight excluding hydrogens is 190 g/mol. The van der Waals surface area contributed by atoms with E-state index in [4.69, 9.17) is 5.11 Å². The average molecular weight is 197 g/mol. The molecular formula is C6H7N5O3. The van der Waals surface area contributed by atoms with Crippen LogP contribution < -0.4 is 5.43 Å². The molecule has 0 fully saturated rings. The molecule has 0 aliphatic rings. The summed E-state index contributed by atoms with van der Waals surface area (Å²) in [6, 6.07) is 1.58. The lowest BCUT2D eigenvalue weighted by Gasteiger charge is -2.15. The van der Waals surface area contributed by atoms with Crippen molar-refractivity contribution in [2.45, 2.75) is 0 Å². The zero-order valence-corrected chi connectivity index (χ0v) is 6.99. The monoisotopic (exact) mass is 197 g/mol. The van der Waals surface area contributed by atoms with E-state index >= 15 is 0 Å². The van der Waals surface area contributed by atoms with Crippen molar-refractivity contribution in [1.82, 2.24) is 15.0 Å². The van der Waals surface area contributed by atoms with Crippen molar-refractivity contribution >= 4 is 12.0 Å². The van der Waals surface area contributed by atoms with E-state index in [2.05, 4.69) is 20.6 Å². The van der Waals surface area contributed by atoms with E-state index in [9.17, 15) is 9.70 Å². The first-order chi connectivity index (χ1) is 6.74. The Morgan fingerprint density at radius 3 is 2.71 bits per heavy atom. The summed E-state index contributed by atoms with van der Waals surface area (Å²) in [7, 11) is 0. The number of aromatic nitrogens is 2. The first-order valence-corrected chi connectivity index (χ1v) is 3.57. The topological polar surface area (TPSA) is 108 Å². The number of carbonyl (C=O) groups is 1. The Morgan fingerprint density at radius 2 is 2.21 bits per heavy atom. The minimum atomic E-state index is -1.34. The minimum absolute atomic E-state index is 0.0820. The molecule has 0 unspecified atom stereocenters. The minimum Gasteiger partial charge on any atom is -0.464 e. The summed E-state index contributed by atoms with van der Waals surface area (Å²) in [6.07, 6.45) is 1.53. The first-order valence-electron chi connectivity index (χ1n) is 3.57. The molecule has 1 amide bonds. The molecule has 0 saturated carbocycles. The summed E-state index contributed by atoms with van der Waals surface area (Å²) in [5, 5.41) is 11.6. The summed E-state index contributed by atoms with van der Waals surface area (Å²) < 4.78 is 0. The van der Waals surface area contributed by atoms with Crippen LogP contribution in [0.1, 0.15) is 0 Å². The van der Waals surface area contributed by atoms with E-state index in [1.807, 2.05) is 0 Å². The van der Waals surface area contributed by atoms with Crippen molar-refractivity contribution in [3.8, 4) is 0 Å². The fraction of sp³-hybridized carbons (Fsp3) is 0.167. The third kappa shape index (κ3) is 2.66. The fourth-order valence-electron chi connectivity index (χ4n) is 0.679. The molecule has 1 aromatic rings. The van der Waals surface area contributed by atoms with Crippen LogP contribution in [-0.4, -0.2) is 32.8 Å². The highest BCUT2D eigenvalue weighted by Gasteiger charge is 2.11. The van der Waals surface area contributed by atoms with Crippen LogP contribution in [-0.2, 0) is 0 Å². The van der Waals surface area contributed by atoms with Gasteiger partial charge in [-0.1, -0.05) is 0 Å². The molecule has 0 radical (unpaired) electrons. The number of hydrogen-bond donors (Lipinski definition) is 2. The Morgan fingerprint density at radius 1 is 1.57 bits per heavy atom. The molecule has 0 aliphatic heterocycles. The van der Waals surface area contributed by atoms with E-state index in [1.165, 1.54) is 12.4 Å². The van der Waals surface area contributed by atoms with E-state index in [0.29, 0.717) is 5.01 Å². The number of rotatable bonds is 4. The molecule has 1 heterocycles. The van der Waals surface area contributed by atoms with Gasteiger partial charge in [-0.25, -0.2) is 14.8 Å². The molecule has 2 N–H and O–H groups in total. The number of amides is 1. The third-order valence-electron chi connectivity index (χ3n) is 1.23. The Balaban J connectivity index is 2.64. The normalized spacial score (nSPS) is 9.14. The Kier molecular flexibility index (Phi) is 3.30. The number of anilines is 1. The van der Waals surface area contributed by atoms with E-state index in [1.54, 1.807) is 6.07 Å². The second-order valence-corrected chi connectivity index (χ2v) is 2.17. The molecule has 8 heteroatoms. The van der Waals surface area contributed by atoms with Crippen molar-refractivity contribution in [3.63, 3.8) is 0 Å². The number of nitrogens with zero attached hydrogens (tertiary/aromatic N) is 4. The van der Waals surface area contributed by atoms with Gasteiger partial charge in [0.1, 0.15) is 0 Å². The van der Waals surface area contributed by atoms with Crippen molar-refractivity contribution in [2.24, 2.45) is 5.18 Å².